The molecule has 0 spiro atoms. The second kappa shape index (κ2) is 6.25. The number of ether oxygens (including phenoxy) is 1. The van der Waals surface area contributed by atoms with Gasteiger partial charge in [0.05, 0.1) is 7.11 Å². The van der Waals surface area contributed by atoms with E-state index < -0.39 is 0 Å². The molecule has 2 aliphatic rings. The van der Waals surface area contributed by atoms with Gasteiger partial charge in [0.15, 0.2) is 0 Å². The van der Waals surface area contributed by atoms with Crippen LogP contribution in [0.1, 0.15) is 5.56 Å². The van der Waals surface area contributed by atoms with E-state index >= 15 is 0 Å². The highest BCUT2D eigenvalue weighted by atomic mass is 16.5. The third-order valence-corrected chi connectivity index (χ3v) is 5.25. The van der Waals surface area contributed by atoms with Gasteiger partial charge in [-0.05, 0) is 41.7 Å². The summed E-state index contributed by atoms with van der Waals surface area (Å²) in [4.78, 5) is 5.16. The fraction of sp³-hybridized carbons (Fsp3) is 0.400. The lowest BCUT2D eigenvalue weighted by Crippen LogP contribution is -2.28. The van der Waals surface area contributed by atoms with E-state index in [0.717, 1.165) is 24.1 Å². The van der Waals surface area contributed by atoms with Crippen molar-refractivity contribution in [1.82, 2.24) is 4.90 Å². The van der Waals surface area contributed by atoms with Crippen LogP contribution in [-0.4, -0.2) is 38.2 Å². The van der Waals surface area contributed by atoms with Crippen molar-refractivity contribution in [3.05, 3.63) is 60.2 Å². The van der Waals surface area contributed by atoms with Crippen molar-refractivity contribution in [3.8, 4) is 5.75 Å². The molecule has 0 radical (unpaired) electrons. The maximum atomic E-state index is 5.25. The lowest BCUT2D eigenvalue weighted by atomic mass is 10.0. The minimum atomic E-state index is 0.806. The van der Waals surface area contributed by atoms with Crippen molar-refractivity contribution in [2.24, 2.45) is 11.8 Å². The largest absolute Gasteiger partial charge is 0.497 e. The van der Waals surface area contributed by atoms with Crippen molar-refractivity contribution in [1.29, 1.82) is 0 Å². The molecule has 2 heterocycles. The fourth-order valence-electron chi connectivity index (χ4n) is 4.06. The number of benzene rings is 2. The Balaban J connectivity index is 1.36. The van der Waals surface area contributed by atoms with Crippen molar-refractivity contribution < 1.29 is 4.74 Å². The van der Waals surface area contributed by atoms with Crippen LogP contribution >= 0.6 is 0 Å². The normalized spacial score (nSPS) is 24.0. The van der Waals surface area contributed by atoms with Crippen LogP contribution < -0.4 is 9.64 Å². The summed E-state index contributed by atoms with van der Waals surface area (Å²) in [6, 6.07) is 19.3. The predicted molar refractivity (Wildman–Crippen MR) is 93.9 cm³/mol. The number of rotatable bonds is 4. The zero-order chi connectivity index (χ0) is 15.6. The Kier molecular flexibility index (Phi) is 3.96. The average molecular weight is 308 g/mol. The van der Waals surface area contributed by atoms with E-state index in [9.17, 15) is 0 Å². The van der Waals surface area contributed by atoms with Crippen LogP contribution in [0.5, 0.6) is 5.75 Å². The molecule has 2 aromatic carbocycles. The summed E-state index contributed by atoms with van der Waals surface area (Å²) < 4.78 is 5.25. The third-order valence-electron chi connectivity index (χ3n) is 5.25. The van der Waals surface area contributed by atoms with Gasteiger partial charge in [0.2, 0.25) is 0 Å². The second-order valence-corrected chi connectivity index (χ2v) is 6.80. The topological polar surface area (TPSA) is 15.7 Å². The first-order chi connectivity index (χ1) is 11.3. The lowest BCUT2D eigenvalue weighted by Gasteiger charge is -2.23. The molecular formula is C20H24N2O. The zero-order valence-electron chi connectivity index (χ0n) is 13.7. The third kappa shape index (κ3) is 3.06. The Hall–Kier alpha value is -2.00. The molecule has 3 heteroatoms. The van der Waals surface area contributed by atoms with Crippen LogP contribution in [0.2, 0.25) is 0 Å². The van der Waals surface area contributed by atoms with E-state index in [2.05, 4.69) is 64.4 Å². The van der Waals surface area contributed by atoms with E-state index in [1.807, 2.05) is 0 Å². The van der Waals surface area contributed by atoms with Gasteiger partial charge in [0.1, 0.15) is 5.75 Å². The molecule has 0 aromatic heterocycles. The van der Waals surface area contributed by atoms with E-state index in [-0.39, 0.29) is 0 Å². The summed E-state index contributed by atoms with van der Waals surface area (Å²) in [5, 5.41) is 0. The van der Waals surface area contributed by atoms with Gasteiger partial charge in [-0.25, -0.2) is 0 Å². The first kappa shape index (κ1) is 14.6. The van der Waals surface area contributed by atoms with Gasteiger partial charge in [-0.2, -0.15) is 0 Å². The van der Waals surface area contributed by atoms with Crippen LogP contribution in [0.25, 0.3) is 0 Å². The summed E-state index contributed by atoms with van der Waals surface area (Å²) in [7, 11) is 1.72. The van der Waals surface area contributed by atoms with E-state index in [1.54, 1.807) is 7.11 Å². The maximum absolute atomic E-state index is 5.25. The molecule has 120 valence electrons. The Bertz CT molecular complexity index is 626. The van der Waals surface area contributed by atoms with Gasteiger partial charge in [-0.15, -0.1) is 0 Å². The molecular weight excluding hydrogens is 284 g/mol. The minimum Gasteiger partial charge on any atom is -0.497 e. The molecule has 0 aliphatic carbocycles. The van der Waals surface area contributed by atoms with Gasteiger partial charge < -0.3 is 9.64 Å². The molecule has 0 bridgehead atoms. The Morgan fingerprint density at radius 2 is 1.52 bits per heavy atom. The van der Waals surface area contributed by atoms with Crippen molar-refractivity contribution in [3.63, 3.8) is 0 Å². The highest BCUT2D eigenvalue weighted by Gasteiger charge is 2.39. The van der Waals surface area contributed by atoms with Crippen LogP contribution in [0.3, 0.4) is 0 Å². The predicted octanol–water partition coefficient (Wildman–Crippen LogP) is 3.26. The molecule has 23 heavy (non-hydrogen) atoms. The molecule has 3 nitrogen and oxygen atoms in total. The van der Waals surface area contributed by atoms with Crippen LogP contribution in [0.15, 0.2) is 54.6 Å². The molecule has 4 rings (SSSR count). The highest BCUT2D eigenvalue weighted by Crippen LogP contribution is 2.34. The minimum absolute atomic E-state index is 0.806. The van der Waals surface area contributed by atoms with Gasteiger partial charge in [0.25, 0.3) is 0 Å². The van der Waals surface area contributed by atoms with Gasteiger partial charge >= 0.3 is 0 Å². The van der Waals surface area contributed by atoms with E-state index in [1.165, 1.54) is 37.4 Å². The Labute approximate surface area is 138 Å². The smallest absolute Gasteiger partial charge is 0.119 e. The van der Waals surface area contributed by atoms with Crippen LogP contribution in [0, 0.1) is 11.8 Å². The summed E-state index contributed by atoms with van der Waals surface area (Å²) in [6.07, 6.45) is 0. The van der Waals surface area contributed by atoms with Gasteiger partial charge in [0, 0.05) is 38.4 Å². The molecule has 0 saturated carbocycles. The average Bonchev–Trinajstić information content (AvgIpc) is 3.14. The molecule has 0 N–H and O–H groups in total. The number of hydrogen-bond acceptors (Lipinski definition) is 3. The van der Waals surface area contributed by atoms with E-state index in [4.69, 9.17) is 4.74 Å². The number of likely N-dealkylation sites (tertiary alicyclic amines) is 1. The first-order valence-electron chi connectivity index (χ1n) is 8.47. The van der Waals surface area contributed by atoms with E-state index in [0.29, 0.717) is 0 Å². The summed E-state index contributed by atoms with van der Waals surface area (Å²) >= 11 is 0. The van der Waals surface area contributed by atoms with Crippen LogP contribution in [-0.2, 0) is 6.54 Å². The SMILES string of the molecule is COc1ccc(N2C[C@H]3CN(Cc4ccccc4)C[C@@H]3C2)cc1. The monoisotopic (exact) mass is 308 g/mol. The van der Waals surface area contributed by atoms with Crippen molar-refractivity contribution >= 4 is 5.69 Å². The number of nitrogens with zero attached hydrogens (tertiary/aromatic N) is 2. The number of hydrogen-bond donors (Lipinski definition) is 0. The molecule has 2 aliphatic heterocycles. The molecule has 0 unspecified atom stereocenters. The summed E-state index contributed by atoms with van der Waals surface area (Å²) in [6.45, 7) is 5.92. The highest BCUT2D eigenvalue weighted by molar-refractivity contribution is 5.50. The standard InChI is InChI=1S/C20H24N2O/c1-23-20-9-7-19(8-10-20)22-14-17-12-21(13-18(17)15-22)11-16-5-3-2-4-6-16/h2-10,17-18H,11-15H2,1H3/t17-,18-/m1/s1. The Morgan fingerprint density at radius 1 is 0.870 bits per heavy atom. The number of fused-ring (bicyclic) bond motifs is 1. The lowest BCUT2D eigenvalue weighted by molar-refractivity contribution is 0.309. The molecule has 2 aromatic rings. The summed E-state index contributed by atoms with van der Waals surface area (Å²) in [5.74, 6) is 2.55. The first-order valence-corrected chi connectivity index (χ1v) is 8.47. The zero-order valence-corrected chi connectivity index (χ0v) is 13.7. The number of methoxy groups -OCH3 is 1. The summed E-state index contributed by atoms with van der Waals surface area (Å²) in [5.41, 5.74) is 2.76. The second-order valence-electron chi connectivity index (χ2n) is 6.80. The molecule has 2 atom stereocenters. The van der Waals surface area contributed by atoms with Crippen molar-refractivity contribution in [2.45, 2.75) is 6.54 Å². The van der Waals surface area contributed by atoms with Gasteiger partial charge in [-0.3, -0.25) is 4.90 Å². The maximum Gasteiger partial charge on any atom is 0.119 e. The Morgan fingerprint density at radius 3 is 2.13 bits per heavy atom. The fourth-order valence-corrected chi connectivity index (χ4v) is 4.06. The molecule has 2 fully saturated rings. The van der Waals surface area contributed by atoms with Gasteiger partial charge in [-0.1, -0.05) is 30.3 Å². The number of anilines is 1. The molecule has 2 saturated heterocycles. The van der Waals surface area contributed by atoms with Crippen molar-refractivity contribution in [2.75, 3.05) is 38.2 Å². The quantitative estimate of drug-likeness (QED) is 0.862. The van der Waals surface area contributed by atoms with Crippen LogP contribution in [0.4, 0.5) is 5.69 Å². The molecule has 0 amide bonds.